The second-order valence-electron chi connectivity index (χ2n) is 6.99. The van der Waals surface area contributed by atoms with Gasteiger partial charge in [-0.05, 0) is 35.6 Å². The largest absolute Gasteiger partial charge is 0.478 e. The lowest BCUT2D eigenvalue weighted by molar-refractivity contribution is -0.129. The van der Waals surface area contributed by atoms with E-state index in [2.05, 4.69) is 10.6 Å². The molecule has 0 aliphatic heterocycles. The minimum atomic E-state index is -0.967. The molecule has 6 nitrogen and oxygen atoms in total. The number of amides is 2. The summed E-state index contributed by atoms with van der Waals surface area (Å²) in [4.78, 5) is 35.6. The molecule has 0 saturated carbocycles. The Morgan fingerprint density at radius 2 is 1.57 bits per heavy atom. The highest BCUT2D eigenvalue weighted by molar-refractivity contribution is 5.88. The molecular weight excluding hydrogens is 356 g/mol. The third kappa shape index (κ3) is 6.54. The van der Waals surface area contributed by atoms with Gasteiger partial charge in [0.2, 0.25) is 11.8 Å². The van der Waals surface area contributed by atoms with Crippen molar-refractivity contribution in [3.8, 4) is 0 Å². The summed E-state index contributed by atoms with van der Waals surface area (Å²) in [5.41, 5.74) is 2.06. The van der Waals surface area contributed by atoms with Crippen molar-refractivity contribution in [1.29, 1.82) is 0 Å². The first-order valence-corrected chi connectivity index (χ1v) is 9.30. The molecule has 0 bridgehead atoms. The monoisotopic (exact) mass is 382 g/mol. The summed E-state index contributed by atoms with van der Waals surface area (Å²) in [6, 6.07) is 15.3. The zero-order valence-corrected chi connectivity index (χ0v) is 16.1. The highest BCUT2D eigenvalue weighted by Crippen LogP contribution is 2.07. The molecule has 0 fully saturated rings. The molecule has 1 atom stereocenters. The van der Waals surface area contributed by atoms with E-state index in [4.69, 9.17) is 5.11 Å². The van der Waals surface area contributed by atoms with E-state index in [1.165, 1.54) is 0 Å². The highest BCUT2D eigenvalue weighted by Gasteiger charge is 2.23. The van der Waals surface area contributed by atoms with Crippen molar-refractivity contribution in [2.24, 2.45) is 5.92 Å². The van der Waals surface area contributed by atoms with Gasteiger partial charge in [-0.15, -0.1) is 0 Å². The van der Waals surface area contributed by atoms with Crippen molar-refractivity contribution in [3.63, 3.8) is 0 Å². The summed E-state index contributed by atoms with van der Waals surface area (Å²) in [5.74, 6) is -1.43. The van der Waals surface area contributed by atoms with Crippen molar-refractivity contribution in [2.45, 2.75) is 32.7 Å². The number of benzene rings is 2. The van der Waals surface area contributed by atoms with Crippen molar-refractivity contribution >= 4 is 17.8 Å². The van der Waals surface area contributed by atoms with Crippen LogP contribution in [0.15, 0.2) is 54.6 Å². The van der Waals surface area contributed by atoms with Crippen LogP contribution >= 0.6 is 0 Å². The lowest BCUT2D eigenvalue weighted by atomic mass is 10.0. The fourth-order valence-corrected chi connectivity index (χ4v) is 2.79. The molecule has 148 valence electrons. The van der Waals surface area contributed by atoms with E-state index < -0.39 is 12.0 Å². The van der Waals surface area contributed by atoms with Crippen LogP contribution < -0.4 is 10.6 Å². The Balaban J connectivity index is 1.84. The molecule has 0 radical (unpaired) electrons. The maximum atomic E-state index is 12.5. The van der Waals surface area contributed by atoms with Crippen LogP contribution in [0.2, 0.25) is 0 Å². The molecule has 2 aromatic carbocycles. The van der Waals surface area contributed by atoms with Crippen molar-refractivity contribution in [3.05, 3.63) is 71.3 Å². The third-order valence-corrected chi connectivity index (χ3v) is 4.39. The SMILES string of the molecule is CC(C)C(NC(=O)Cc1ccccc1)C(=O)NCCc1ccc(C(=O)O)cc1. The molecule has 2 aromatic rings. The maximum absolute atomic E-state index is 12.5. The first-order chi connectivity index (χ1) is 13.4. The molecule has 0 spiro atoms. The fourth-order valence-electron chi connectivity index (χ4n) is 2.79. The van der Waals surface area contributed by atoms with Crippen molar-refractivity contribution < 1.29 is 19.5 Å². The summed E-state index contributed by atoms with van der Waals surface area (Å²) in [7, 11) is 0. The summed E-state index contributed by atoms with van der Waals surface area (Å²) in [5, 5.41) is 14.6. The van der Waals surface area contributed by atoms with Crippen LogP contribution in [0.1, 0.15) is 35.3 Å². The maximum Gasteiger partial charge on any atom is 0.335 e. The molecule has 0 saturated heterocycles. The number of carboxylic acids is 1. The molecule has 6 heteroatoms. The zero-order chi connectivity index (χ0) is 20.5. The minimum absolute atomic E-state index is 0.0467. The number of carbonyl (C=O) groups is 3. The number of nitrogens with one attached hydrogen (secondary N) is 2. The Morgan fingerprint density at radius 3 is 2.14 bits per heavy atom. The van der Waals surface area contributed by atoms with E-state index in [0.29, 0.717) is 13.0 Å². The van der Waals surface area contributed by atoms with Gasteiger partial charge in [0.25, 0.3) is 0 Å². The summed E-state index contributed by atoms with van der Waals surface area (Å²) >= 11 is 0. The lowest BCUT2D eigenvalue weighted by Gasteiger charge is -2.22. The van der Waals surface area contributed by atoms with Gasteiger partial charge in [0.05, 0.1) is 12.0 Å². The number of carbonyl (C=O) groups excluding carboxylic acids is 2. The molecule has 0 aliphatic carbocycles. The molecule has 0 aromatic heterocycles. The highest BCUT2D eigenvalue weighted by atomic mass is 16.4. The van der Waals surface area contributed by atoms with Crippen LogP contribution in [0.25, 0.3) is 0 Å². The van der Waals surface area contributed by atoms with E-state index >= 15 is 0 Å². The number of rotatable bonds is 9. The van der Waals surface area contributed by atoms with Gasteiger partial charge in [0.1, 0.15) is 6.04 Å². The van der Waals surface area contributed by atoms with E-state index in [1.54, 1.807) is 24.3 Å². The fraction of sp³-hybridized carbons (Fsp3) is 0.318. The summed E-state index contributed by atoms with van der Waals surface area (Å²) in [6.07, 6.45) is 0.807. The van der Waals surface area contributed by atoms with Crippen LogP contribution in [0.3, 0.4) is 0 Å². The molecule has 0 heterocycles. The van der Waals surface area contributed by atoms with Gasteiger partial charge < -0.3 is 15.7 Å². The van der Waals surface area contributed by atoms with Gasteiger partial charge in [0, 0.05) is 6.54 Å². The van der Waals surface area contributed by atoms with Gasteiger partial charge in [-0.1, -0.05) is 56.3 Å². The molecular formula is C22H26N2O4. The van der Waals surface area contributed by atoms with Crippen molar-refractivity contribution in [1.82, 2.24) is 10.6 Å². The number of hydrogen-bond acceptors (Lipinski definition) is 3. The predicted octanol–water partition coefficient (Wildman–Crippen LogP) is 2.43. The van der Waals surface area contributed by atoms with Gasteiger partial charge in [-0.25, -0.2) is 4.79 Å². The van der Waals surface area contributed by atoms with Crippen LogP contribution in [0.5, 0.6) is 0 Å². The standard InChI is InChI=1S/C22H26N2O4/c1-15(2)20(24-19(25)14-17-6-4-3-5-7-17)21(26)23-13-12-16-8-10-18(11-9-16)22(27)28/h3-11,15,20H,12-14H2,1-2H3,(H,23,26)(H,24,25)(H,27,28). The number of aromatic carboxylic acids is 1. The topological polar surface area (TPSA) is 95.5 Å². The second-order valence-corrected chi connectivity index (χ2v) is 6.99. The molecule has 2 rings (SSSR count). The number of hydrogen-bond donors (Lipinski definition) is 3. The van der Waals surface area contributed by atoms with Crippen LogP contribution in [-0.4, -0.2) is 35.5 Å². The van der Waals surface area contributed by atoms with Crippen LogP contribution in [-0.2, 0) is 22.4 Å². The van der Waals surface area contributed by atoms with Crippen LogP contribution in [0, 0.1) is 5.92 Å². The van der Waals surface area contributed by atoms with Crippen LogP contribution in [0.4, 0.5) is 0 Å². The van der Waals surface area contributed by atoms with Gasteiger partial charge >= 0.3 is 5.97 Å². The second kappa shape index (κ2) is 10.3. The quantitative estimate of drug-likeness (QED) is 0.621. The smallest absolute Gasteiger partial charge is 0.335 e. The Hall–Kier alpha value is -3.15. The molecule has 2 amide bonds. The molecule has 1 unspecified atom stereocenters. The Labute approximate surface area is 165 Å². The summed E-state index contributed by atoms with van der Waals surface area (Å²) < 4.78 is 0. The minimum Gasteiger partial charge on any atom is -0.478 e. The van der Waals surface area contributed by atoms with E-state index in [9.17, 15) is 14.4 Å². The molecule has 0 aliphatic rings. The number of carboxylic acid groups (broad SMARTS) is 1. The van der Waals surface area contributed by atoms with Crippen molar-refractivity contribution in [2.75, 3.05) is 6.54 Å². The van der Waals surface area contributed by atoms with E-state index in [1.807, 2.05) is 44.2 Å². The zero-order valence-electron chi connectivity index (χ0n) is 16.1. The van der Waals surface area contributed by atoms with Gasteiger partial charge in [-0.3, -0.25) is 9.59 Å². The van der Waals surface area contributed by atoms with E-state index in [-0.39, 0.29) is 29.7 Å². The van der Waals surface area contributed by atoms with Gasteiger partial charge in [0.15, 0.2) is 0 Å². The van der Waals surface area contributed by atoms with Gasteiger partial charge in [-0.2, -0.15) is 0 Å². The lowest BCUT2D eigenvalue weighted by Crippen LogP contribution is -2.50. The summed E-state index contributed by atoms with van der Waals surface area (Å²) in [6.45, 7) is 4.18. The predicted molar refractivity (Wildman–Crippen MR) is 107 cm³/mol. The first-order valence-electron chi connectivity index (χ1n) is 9.30. The Morgan fingerprint density at radius 1 is 0.929 bits per heavy atom. The Bertz CT molecular complexity index is 801. The normalized spacial score (nSPS) is 11.7. The average molecular weight is 382 g/mol. The molecule has 3 N–H and O–H groups in total. The third-order valence-electron chi connectivity index (χ3n) is 4.39. The molecule has 28 heavy (non-hydrogen) atoms. The Kier molecular flexibility index (Phi) is 7.75. The first kappa shape index (κ1) is 21.2. The average Bonchev–Trinajstić information content (AvgIpc) is 2.67. The van der Waals surface area contributed by atoms with E-state index in [0.717, 1.165) is 11.1 Å².